The van der Waals surface area contributed by atoms with E-state index < -0.39 is 0 Å². The highest BCUT2D eigenvalue weighted by molar-refractivity contribution is 6.33. The highest BCUT2D eigenvalue weighted by atomic mass is 35.5. The fourth-order valence-corrected chi connectivity index (χ4v) is 3.11. The largest absolute Gasteiger partial charge is 0.441 e. The Morgan fingerprint density at radius 1 is 1.11 bits per heavy atom. The van der Waals surface area contributed by atoms with E-state index in [0.29, 0.717) is 29.5 Å². The van der Waals surface area contributed by atoms with Crippen molar-refractivity contribution < 1.29 is 9.21 Å². The van der Waals surface area contributed by atoms with Crippen LogP contribution in [0.1, 0.15) is 31.2 Å². The normalized spacial score (nSPS) is 11.9. The van der Waals surface area contributed by atoms with Crippen molar-refractivity contribution in [1.82, 2.24) is 10.3 Å². The SMILES string of the molecule is CC(CCc1ccccc1)NC(=O)CCc1ncc(-c2ccccc2Cl)o1. The molecule has 1 aromatic heterocycles. The van der Waals surface area contributed by atoms with Gasteiger partial charge in [0.05, 0.1) is 11.2 Å². The fraction of sp³-hybridized carbons (Fsp3) is 0.273. The van der Waals surface area contributed by atoms with Crippen LogP contribution in [0.4, 0.5) is 0 Å². The molecule has 0 aliphatic heterocycles. The third-order valence-corrected chi connectivity index (χ3v) is 4.70. The molecule has 3 aromatic rings. The number of hydrogen-bond donors (Lipinski definition) is 1. The number of nitrogens with zero attached hydrogens (tertiary/aromatic N) is 1. The predicted molar refractivity (Wildman–Crippen MR) is 108 cm³/mol. The number of rotatable bonds is 8. The van der Waals surface area contributed by atoms with Gasteiger partial charge >= 0.3 is 0 Å². The molecule has 140 valence electrons. The number of amides is 1. The van der Waals surface area contributed by atoms with Crippen molar-refractivity contribution in [1.29, 1.82) is 0 Å². The molecule has 0 aliphatic carbocycles. The molecule has 27 heavy (non-hydrogen) atoms. The summed E-state index contributed by atoms with van der Waals surface area (Å²) >= 11 is 6.17. The Labute approximate surface area is 164 Å². The van der Waals surface area contributed by atoms with E-state index in [1.165, 1.54) is 5.56 Å². The number of aromatic nitrogens is 1. The van der Waals surface area contributed by atoms with Gasteiger partial charge in [0.2, 0.25) is 5.91 Å². The van der Waals surface area contributed by atoms with Crippen molar-refractivity contribution in [3.8, 4) is 11.3 Å². The molecule has 1 heterocycles. The van der Waals surface area contributed by atoms with Crippen LogP contribution < -0.4 is 5.32 Å². The van der Waals surface area contributed by atoms with E-state index in [0.717, 1.165) is 18.4 Å². The van der Waals surface area contributed by atoms with Crippen LogP contribution in [0.25, 0.3) is 11.3 Å². The molecule has 0 radical (unpaired) electrons. The van der Waals surface area contributed by atoms with Crippen molar-refractivity contribution >= 4 is 17.5 Å². The van der Waals surface area contributed by atoms with E-state index in [9.17, 15) is 4.79 Å². The molecule has 4 nitrogen and oxygen atoms in total. The van der Waals surface area contributed by atoms with Crippen molar-refractivity contribution in [3.63, 3.8) is 0 Å². The maximum atomic E-state index is 12.2. The number of aryl methyl sites for hydroxylation is 2. The summed E-state index contributed by atoms with van der Waals surface area (Å²) in [6.45, 7) is 2.03. The zero-order chi connectivity index (χ0) is 19.1. The minimum absolute atomic E-state index is 0.00746. The lowest BCUT2D eigenvalue weighted by Crippen LogP contribution is -2.33. The predicted octanol–water partition coefficient (Wildman–Crippen LogP) is 5.07. The second-order valence-corrected chi connectivity index (χ2v) is 7.00. The number of carbonyl (C=O) groups is 1. The maximum absolute atomic E-state index is 12.2. The van der Waals surface area contributed by atoms with Crippen LogP contribution in [-0.2, 0) is 17.6 Å². The lowest BCUT2D eigenvalue weighted by atomic mass is 10.1. The van der Waals surface area contributed by atoms with Gasteiger partial charge in [-0.1, -0.05) is 54.1 Å². The molecule has 1 N–H and O–H groups in total. The monoisotopic (exact) mass is 382 g/mol. The Morgan fingerprint density at radius 3 is 2.63 bits per heavy atom. The smallest absolute Gasteiger partial charge is 0.220 e. The van der Waals surface area contributed by atoms with E-state index in [2.05, 4.69) is 22.4 Å². The molecule has 0 spiro atoms. The summed E-state index contributed by atoms with van der Waals surface area (Å²) in [6.07, 6.45) is 4.31. The zero-order valence-electron chi connectivity index (χ0n) is 15.3. The first kappa shape index (κ1) is 19.2. The molecule has 3 rings (SSSR count). The van der Waals surface area contributed by atoms with Gasteiger partial charge in [0, 0.05) is 24.4 Å². The van der Waals surface area contributed by atoms with Crippen molar-refractivity contribution in [2.45, 2.75) is 38.6 Å². The van der Waals surface area contributed by atoms with Gasteiger partial charge in [0.25, 0.3) is 0 Å². The lowest BCUT2D eigenvalue weighted by Gasteiger charge is -2.13. The number of hydrogen-bond acceptors (Lipinski definition) is 3. The number of carbonyl (C=O) groups excluding carboxylic acids is 1. The second-order valence-electron chi connectivity index (χ2n) is 6.59. The minimum atomic E-state index is 0.00746. The first-order chi connectivity index (χ1) is 13.1. The second kappa shape index (κ2) is 9.38. The highest BCUT2D eigenvalue weighted by Crippen LogP contribution is 2.28. The van der Waals surface area contributed by atoms with Crippen LogP contribution in [0.15, 0.2) is 65.2 Å². The standard InChI is InChI=1S/C22H23ClN2O2/c1-16(11-12-17-7-3-2-4-8-17)25-21(26)13-14-22-24-15-20(27-22)18-9-5-6-10-19(18)23/h2-10,15-16H,11-14H2,1H3,(H,25,26). The Balaban J connectivity index is 1.45. The van der Waals surface area contributed by atoms with Gasteiger partial charge in [-0.3, -0.25) is 4.79 Å². The summed E-state index contributed by atoms with van der Waals surface area (Å²) < 4.78 is 5.74. The van der Waals surface area contributed by atoms with E-state index in [4.69, 9.17) is 16.0 Å². The Kier molecular flexibility index (Phi) is 6.66. The number of halogens is 1. The van der Waals surface area contributed by atoms with Gasteiger partial charge in [-0.25, -0.2) is 4.98 Å². The summed E-state index contributed by atoms with van der Waals surface area (Å²) in [5.41, 5.74) is 2.09. The molecule has 5 heteroatoms. The van der Waals surface area contributed by atoms with Gasteiger partial charge in [-0.15, -0.1) is 0 Å². The summed E-state index contributed by atoms with van der Waals surface area (Å²) in [6, 6.07) is 17.9. The Bertz CT molecular complexity index is 877. The molecule has 1 amide bonds. The number of nitrogens with one attached hydrogen (secondary N) is 1. The topological polar surface area (TPSA) is 55.1 Å². The Morgan fingerprint density at radius 2 is 1.85 bits per heavy atom. The summed E-state index contributed by atoms with van der Waals surface area (Å²) in [4.78, 5) is 16.4. The quantitative estimate of drug-likeness (QED) is 0.592. The molecule has 0 fully saturated rings. The Hall–Kier alpha value is -2.59. The summed E-state index contributed by atoms with van der Waals surface area (Å²) in [5.74, 6) is 1.16. The average Bonchev–Trinajstić information content (AvgIpc) is 3.15. The van der Waals surface area contributed by atoms with E-state index in [-0.39, 0.29) is 11.9 Å². The third kappa shape index (κ3) is 5.69. The van der Waals surface area contributed by atoms with E-state index >= 15 is 0 Å². The van der Waals surface area contributed by atoms with Crippen LogP contribution in [-0.4, -0.2) is 16.9 Å². The third-order valence-electron chi connectivity index (χ3n) is 4.38. The van der Waals surface area contributed by atoms with Crippen LogP contribution in [0.5, 0.6) is 0 Å². The lowest BCUT2D eigenvalue weighted by molar-refractivity contribution is -0.121. The molecular weight excluding hydrogens is 360 g/mol. The molecule has 0 bridgehead atoms. The molecular formula is C22H23ClN2O2. The van der Waals surface area contributed by atoms with Gasteiger partial charge in [0.1, 0.15) is 0 Å². The first-order valence-corrected chi connectivity index (χ1v) is 9.52. The van der Waals surface area contributed by atoms with Gasteiger partial charge < -0.3 is 9.73 Å². The van der Waals surface area contributed by atoms with E-state index in [1.807, 2.05) is 49.4 Å². The fourth-order valence-electron chi connectivity index (χ4n) is 2.88. The van der Waals surface area contributed by atoms with Crippen molar-refractivity contribution in [3.05, 3.63) is 77.3 Å². The zero-order valence-corrected chi connectivity index (χ0v) is 16.1. The maximum Gasteiger partial charge on any atom is 0.220 e. The van der Waals surface area contributed by atoms with Crippen molar-refractivity contribution in [2.24, 2.45) is 0 Å². The van der Waals surface area contributed by atoms with Crippen LogP contribution in [0, 0.1) is 0 Å². The van der Waals surface area contributed by atoms with Gasteiger partial charge in [0.15, 0.2) is 11.7 Å². The van der Waals surface area contributed by atoms with Crippen LogP contribution >= 0.6 is 11.6 Å². The van der Waals surface area contributed by atoms with Crippen LogP contribution in [0.2, 0.25) is 5.02 Å². The molecule has 1 atom stereocenters. The van der Waals surface area contributed by atoms with Gasteiger partial charge in [-0.2, -0.15) is 0 Å². The average molecular weight is 383 g/mol. The van der Waals surface area contributed by atoms with Crippen molar-refractivity contribution in [2.75, 3.05) is 0 Å². The highest BCUT2D eigenvalue weighted by Gasteiger charge is 2.12. The summed E-state index contributed by atoms with van der Waals surface area (Å²) in [7, 11) is 0. The molecule has 0 saturated carbocycles. The van der Waals surface area contributed by atoms with Gasteiger partial charge in [-0.05, 0) is 37.5 Å². The minimum Gasteiger partial charge on any atom is -0.441 e. The molecule has 0 aliphatic rings. The van der Waals surface area contributed by atoms with Crippen LogP contribution in [0.3, 0.4) is 0 Å². The number of benzene rings is 2. The summed E-state index contributed by atoms with van der Waals surface area (Å²) in [5, 5.41) is 3.65. The molecule has 1 unspecified atom stereocenters. The molecule has 2 aromatic carbocycles. The van der Waals surface area contributed by atoms with E-state index in [1.54, 1.807) is 6.20 Å². The first-order valence-electron chi connectivity index (χ1n) is 9.14. The molecule has 0 saturated heterocycles. The number of oxazole rings is 1.